The summed E-state index contributed by atoms with van der Waals surface area (Å²) in [5.74, 6) is 0. The van der Waals surface area contributed by atoms with Gasteiger partial charge in [0.15, 0.2) is 11.1 Å². The highest BCUT2D eigenvalue weighted by atomic mass is 32.2. The molecule has 2 aromatic carbocycles. The summed E-state index contributed by atoms with van der Waals surface area (Å²) in [5.41, 5.74) is 2.26. The fourth-order valence-corrected chi connectivity index (χ4v) is 2.44. The van der Waals surface area contributed by atoms with Crippen molar-refractivity contribution >= 4 is 11.1 Å². The molecule has 0 aliphatic heterocycles. The molecule has 1 atom stereocenters. The van der Waals surface area contributed by atoms with E-state index < -0.39 is 11.1 Å². The van der Waals surface area contributed by atoms with Crippen LogP contribution in [0.2, 0.25) is 0 Å². The van der Waals surface area contributed by atoms with Gasteiger partial charge < -0.3 is 0 Å². The standard InChI is InChI=1S/C15H16O2S/c1-12(2)17-18(16)15-10-8-14(9-11-15)13-6-4-3-5-7-13/h3-12H,1-2H3/t18-/m1/s1. The molecule has 3 heteroatoms. The van der Waals surface area contributed by atoms with Gasteiger partial charge in [-0.2, -0.15) is 0 Å². The fraction of sp³-hybridized carbons (Fsp3) is 0.200. The van der Waals surface area contributed by atoms with Crippen LogP contribution in [0.3, 0.4) is 0 Å². The highest BCUT2D eigenvalue weighted by molar-refractivity contribution is 7.80. The van der Waals surface area contributed by atoms with Gasteiger partial charge in [-0.05, 0) is 37.1 Å². The van der Waals surface area contributed by atoms with Crippen LogP contribution in [0.5, 0.6) is 0 Å². The Morgan fingerprint density at radius 3 is 2.00 bits per heavy atom. The minimum atomic E-state index is -1.38. The Kier molecular flexibility index (Phi) is 4.28. The van der Waals surface area contributed by atoms with Gasteiger partial charge in [0.2, 0.25) is 0 Å². The molecule has 2 rings (SSSR count). The van der Waals surface area contributed by atoms with E-state index in [-0.39, 0.29) is 6.10 Å². The Balaban J connectivity index is 2.18. The van der Waals surface area contributed by atoms with Gasteiger partial charge in [-0.1, -0.05) is 42.5 Å². The molecule has 18 heavy (non-hydrogen) atoms. The van der Waals surface area contributed by atoms with Crippen molar-refractivity contribution in [3.05, 3.63) is 54.6 Å². The van der Waals surface area contributed by atoms with Crippen molar-refractivity contribution in [2.75, 3.05) is 0 Å². The maximum Gasteiger partial charge on any atom is 0.189 e. The molecule has 0 unspecified atom stereocenters. The van der Waals surface area contributed by atoms with Crippen molar-refractivity contribution in [2.45, 2.75) is 24.8 Å². The summed E-state index contributed by atoms with van der Waals surface area (Å²) >= 11 is -1.38. The second-order valence-electron chi connectivity index (χ2n) is 4.27. The summed E-state index contributed by atoms with van der Waals surface area (Å²) in [7, 11) is 0. The second kappa shape index (κ2) is 5.94. The zero-order valence-electron chi connectivity index (χ0n) is 10.5. The molecule has 0 amide bonds. The van der Waals surface area contributed by atoms with Crippen LogP contribution in [0.25, 0.3) is 11.1 Å². The average molecular weight is 260 g/mol. The molecule has 0 aliphatic carbocycles. The lowest BCUT2D eigenvalue weighted by molar-refractivity contribution is 0.270. The molecule has 0 bridgehead atoms. The first-order valence-electron chi connectivity index (χ1n) is 5.91. The van der Waals surface area contributed by atoms with Gasteiger partial charge in [-0.25, -0.2) is 4.21 Å². The summed E-state index contributed by atoms with van der Waals surface area (Å²) in [4.78, 5) is 0.698. The van der Waals surface area contributed by atoms with Crippen LogP contribution in [0, 0.1) is 0 Å². The molecule has 0 saturated heterocycles. The second-order valence-corrected chi connectivity index (χ2v) is 5.40. The van der Waals surface area contributed by atoms with Gasteiger partial charge in [-0.3, -0.25) is 4.18 Å². The number of rotatable bonds is 4. The SMILES string of the molecule is CC(C)O[S@@](=O)c1ccc(-c2ccccc2)cc1. The third kappa shape index (κ3) is 3.28. The van der Waals surface area contributed by atoms with Crippen LogP contribution in [0.4, 0.5) is 0 Å². The Labute approximate surface area is 110 Å². The van der Waals surface area contributed by atoms with E-state index in [1.54, 1.807) is 0 Å². The van der Waals surface area contributed by atoms with Crippen molar-refractivity contribution in [3.8, 4) is 11.1 Å². The molecule has 0 aromatic heterocycles. The Hall–Kier alpha value is -1.45. The van der Waals surface area contributed by atoms with E-state index in [0.29, 0.717) is 4.90 Å². The molecule has 2 nitrogen and oxygen atoms in total. The molecular formula is C15H16O2S. The molecule has 0 radical (unpaired) electrons. The van der Waals surface area contributed by atoms with E-state index in [2.05, 4.69) is 12.1 Å². The lowest BCUT2D eigenvalue weighted by Crippen LogP contribution is -2.05. The van der Waals surface area contributed by atoms with Crippen LogP contribution in [-0.2, 0) is 15.3 Å². The number of hydrogen-bond acceptors (Lipinski definition) is 2. The summed E-state index contributed by atoms with van der Waals surface area (Å²) in [6.45, 7) is 3.74. The van der Waals surface area contributed by atoms with Crippen molar-refractivity contribution in [2.24, 2.45) is 0 Å². The number of benzene rings is 2. The highest BCUT2D eigenvalue weighted by Crippen LogP contribution is 2.20. The average Bonchev–Trinajstić information content (AvgIpc) is 2.39. The first-order chi connectivity index (χ1) is 8.66. The van der Waals surface area contributed by atoms with Crippen LogP contribution in [0.15, 0.2) is 59.5 Å². The maximum atomic E-state index is 11.8. The van der Waals surface area contributed by atoms with Gasteiger partial charge >= 0.3 is 0 Å². The predicted molar refractivity (Wildman–Crippen MR) is 74.5 cm³/mol. The van der Waals surface area contributed by atoms with E-state index in [1.807, 2.05) is 56.3 Å². The van der Waals surface area contributed by atoms with Gasteiger partial charge in [0.05, 0.1) is 11.0 Å². The van der Waals surface area contributed by atoms with Crippen molar-refractivity contribution in [1.82, 2.24) is 0 Å². The van der Waals surface area contributed by atoms with E-state index >= 15 is 0 Å². The van der Waals surface area contributed by atoms with Crippen molar-refractivity contribution < 1.29 is 8.39 Å². The first kappa shape index (κ1) is 13.0. The molecule has 0 spiro atoms. The van der Waals surface area contributed by atoms with E-state index in [9.17, 15) is 4.21 Å². The molecule has 94 valence electrons. The normalized spacial score (nSPS) is 12.6. The molecule has 0 fully saturated rings. The molecule has 0 saturated carbocycles. The van der Waals surface area contributed by atoms with Crippen LogP contribution >= 0.6 is 0 Å². The largest absolute Gasteiger partial charge is 0.284 e. The molecule has 0 aliphatic rings. The third-order valence-corrected chi connectivity index (χ3v) is 3.65. The predicted octanol–water partition coefficient (Wildman–Crippen LogP) is 3.80. The van der Waals surface area contributed by atoms with Gasteiger partial charge in [-0.15, -0.1) is 0 Å². The smallest absolute Gasteiger partial charge is 0.189 e. The minimum absolute atomic E-state index is 0.0420. The summed E-state index contributed by atoms with van der Waals surface area (Å²) in [6.07, 6.45) is -0.0420. The van der Waals surface area contributed by atoms with E-state index in [0.717, 1.165) is 11.1 Å². The lowest BCUT2D eigenvalue weighted by Gasteiger charge is -2.07. The molecular weight excluding hydrogens is 244 g/mol. The van der Waals surface area contributed by atoms with E-state index in [1.165, 1.54) is 0 Å². The van der Waals surface area contributed by atoms with Crippen LogP contribution in [0.1, 0.15) is 13.8 Å². The van der Waals surface area contributed by atoms with Crippen LogP contribution < -0.4 is 0 Å². The Morgan fingerprint density at radius 1 is 0.889 bits per heavy atom. The first-order valence-corrected chi connectivity index (χ1v) is 6.98. The monoisotopic (exact) mass is 260 g/mol. The summed E-state index contributed by atoms with van der Waals surface area (Å²) in [6, 6.07) is 17.7. The summed E-state index contributed by atoms with van der Waals surface area (Å²) < 4.78 is 17.0. The van der Waals surface area contributed by atoms with Gasteiger partial charge in [0, 0.05) is 0 Å². The zero-order chi connectivity index (χ0) is 13.0. The zero-order valence-corrected chi connectivity index (χ0v) is 11.3. The lowest BCUT2D eigenvalue weighted by atomic mass is 10.1. The van der Waals surface area contributed by atoms with Crippen molar-refractivity contribution in [3.63, 3.8) is 0 Å². The third-order valence-electron chi connectivity index (χ3n) is 2.43. The van der Waals surface area contributed by atoms with Crippen molar-refractivity contribution in [1.29, 1.82) is 0 Å². The number of hydrogen-bond donors (Lipinski definition) is 0. The van der Waals surface area contributed by atoms with Gasteiger partial charge in [0.1, 0.15) is 0 Å². The van der Waals surface area contributed by atoms with Crippen LogP contribution in [-0.4, -0.2) is 10.3 Å². The topological polar surface area (TPSA) is 26.3 Å². The van der Waals surface area contributed by atoms with Gasteiger partial charge in [0.25, 0.3) is 0 Å². The fourth-order valence-electron chi connectivity index (χ4n) is 1.62. The molecule has 2 aromatic rings. The summed E-state index contributed by atoms with van der Waals surface area (Å²) in [5, 5.41) is 0. The molecule has 0 heterocycles. The Bertz CT molecular complexity index is 518. The highest BCUT2D eigenvalue weighted by Gasteiger charge is 2.07. The maximum absolute atomic E-state index is 11.8. The molecule has 0 N–H and O–H groups in total. The van der Waals surface area contributed by atoms with E-state index in [4.69, 9.17) is 4.18 Å². The Morgan fingerprint density at radius 2 is 1.44 bits per heavy atom. The quantitative estimate of drug-likeness (QED) is 0.835. The minimum Gasteiger partial charge on any atom is -0.284 e.